The van der Waals surface area contributed by atoms with E-state index >= 15 is 0 Å². The molecule has 0 atom stereocenters. The van der Waals surface area contributed by atoms with Gasteiger partial charge < -0.3 is 9.05 Å². The van der Waals surface area contributed by atoms with Crippen LogP contribution in [0.3, 0.4) is 0 Å². The molecular formula is C11H16NO2PS. The SMILES string of the molecule is CCOP(=S)(/C=C/c1cccnc1)OCC. The Morgan fingerprint density at radius 1 is 1.38 bits per heavy atom. The van der Waals surface area contributed by atoms with Crippen molar-refractivity contribution in [2.45, 2.75) is 13.8 Å². The van der Waals surface area contributed by atoms with E-state index in [1.807, 2.05) is 37.9 Å². The second-order valence-electron chi connectivity index (χ2n) is 2.98. The largest absolute Gasteiger partial charge is 0.327 e. The van der Waals surface area contributed by atoms with E-state index in [2.05, 4.69) is 4.98 Å². The highest BCUT2D eigenvalue weighted by Gasteiger charge is 2.12. The van der Waals surface area contributed by atoms with Gasteiger partial charge in [-0.2, -0.15) is 0 Å². The lowest BCUT2D eigenvalue weighted by Crippen LogP contribution is -1.92. The van der Waals surface area contributed by atoms with Gasteiger partial charge in [0, 0.05) is 18.2 Å². The van der Waals surface area contributed by atoms with E-state index in [-0.39, 0.29) is 0 Å². The standard InChI is InChI=1S/C11H16NO2PS/c1-3-13-15(16,14-4-2)9-7-11-6-5-8-12-10-11/h5-10H,3-4H2,1-2H3/b9-7+. The fourth-order valence-corrected chi connectivity index (χ4v) is 3.27. The van der Waals surface area contributed by atoms with E-state index in [9.17, 15) is 0 Å². The highest BCUT2D eigenvalue weighted by atomic mass is 32.5. The van der Waals surface area contributed by atoms with Crippen LogP contribution >= 0.6 is 6.49 Å². The minimum Gasteiger partial charge on any atom is -0.327 e. The van der Waals surface area contributed by atoms with E-state index in [0.29, 0.717) is 13.2 Å². The molecule has 0 amide bonds. The summed E-state index contributed by atoms with van der Waals surface area (Å²) in [6.45, 7) is 2.70. The fraction of sp³-hybridized carbons (Fsp3) is 0.364. The number of pyridine rings is 1. The minimum absolute atomic E-state index is 0.564. The molecule has 0 fully saturated rings. The molecule has 0 spiro atoms. The predicted molar refractivity (Wildman–Crippen MR) is 70.8 cm³/mol. The highest BCUT2D eigenvalue weighted by Crippen LogP contribution is 2.50. The van der Waals surface area contributed by atoms with E-state index in [4.69, 9.17) is 20.9 Å². The van der Waals surface area contributed by atoms with Crippen molar-refractivity contribution in [3.8, 4) is 0 Å². The van der Waals surface area contributed by atoms with Crippen LogP contribution in [0.1, 0.15) is 19.4 Å². The molecule has 0 saturated carbocycles. The van der Waals surface area contributed by atoms with E-state index in [1.54, 1.807) is 12.4 Å². The van der Waals surface area contributed by atoms with Crippen LogP contribution in [-0.4, -0.2) is 18.2 Å². The summed E-state index contributed by atoms with van der Waals surface area (Å²) in [6.07, 6.45) is 5.41. The topological polar surface area (TPSA) is 31.4 Å². The molecule has 0 aromatic carbocycles. The van der Waals surface area contributed by atoms with Gasteiger partial charge in [-0.1, -0.05) is 6.07 Å². The lowest BCUT2D eigenvalue weighted by atomic mass is 10.3. The molecule has 1 aromatic heterocycles. The van der Waals surface area contributed by atoms with Crippen LogP contribution in [-0.2, 0) is 20.9 Å². The molecule has 0 aliphatic rings. The zero-order valence-electron chi connectivity index (χ0n) is 9.50. The maximum Gasteiger partial charge on any atom is 0.212 e. The summed E-state index contributed by atoms with van der Waals surface area (Å²) in [5.74, 6) is 1.84. The van der Waals surface area contributed by atoms with Gasteiger partial charge in [0.25, 0.3) is 0 Å². The average Bonchev–Trinajstić information content (AvgIpc) is 2.29. The molecule has 1 aromatic rings. The normalized spacial score (nSPS) is 12.1. The predicted octanol–water partition coefficient (Wildman–Crippen LogP) is 3.43. The first-order valence-electron chi connectivity index (χ1n) is 5.18. The first-order chi connectivity index (χ1) is 7.70. The van der Waals surface area contributed by atoms with Crippen molar-refractivity contribution in [1.29, 1.82) is 0 Å². The maximum absolute atomic E-state index is 5.49. The Morgan fingerprint density at radius 2 is 2.06 bits per heavy atom. The third-order valence-corrected chi connectivity index (χ3v) is 4.50. The number of rotatable bonds is 6. The first kappa shape index (κ1) is 13.5. The van der Waals surface area contributed by atoms with Crippen LogP contribution in [0.4, 0.5) is 0 Å². The Morgan fingerprint density at radius 3 is 2.56 bits per heavy atom. The summed E-state index contributed by atoms with van der Waals surface area (Å²) in [6, 6.07) is 3.84. The van der Waals surface area contributed by atoms with Crippen LogP contribution in [0.25, 0.3) is 6.08 Å². The molecule has 1 rings (SSSR count). The number of nitrogens with zero attached hydrogens (tertiary/aromatic N) is 1. The van der Waals surface area contributed by atoms with Gasteiger partial charge in [-0.3, -0.25) is 4.98 Å². The molecule has 16 heavy (non-hydrogen) atoms. The second kappa shape index (κ2) is 6.92. The van der Waals surface area contributed by atoms with Crippen LogP contribution in [0.5, 0.6) is 0 Å². The van der Waals surface area contributed by atoms with Crippen molar-refractivity contribution >= 4 is 24.4 Å². The van der Waals surface area contributed by atoms with Gasteiger partial charge in [-0.05, 0) is 43.4 Å². The monoisotopic (exact) mass is 257 g/mol. The Bertz CT molecular complexity index is 371. The molecule has 5 heteroatoms. The molecule has 0 bridgehead atoms. The van der Waals surface area contributed by atoms with Gasteiger partial charge in [-0.15, -0.1) is 0 Å². The lowest BCUT2D eigenvalue weighted by molar-refractivity contribution is 0.274. The van der Waals surface area contributed by atoms with Crippen molar-refractivity contribution in [3.63, 3.8) is 0 Å². The average molecular weight is 257 g/mol. The molecule has 88 valence electrons. The zero-order valence-corrected chi connectivity index (χ0v) is 11.2. The van der Waals surface area contributed by atoms with Crippen LogP contribution in [0, 0.1) is 0 Å². The van der Waals surface area contributed by atoms with Crippen molar-refractivity contribution < 1.29 is 9.05 Å². The van der Waals surface area contributed by atoms with E-state index < -0.39 is 6.49 Å². The number of hydrogen-bond acceptors (Lipinski definition) is 4. The first-order valence-corrected chi connectivity index (χ1v) is 7.89. The molecule has 0 N–H and O–H groups in total. The van der Waals surface area contributed by atoms with Crippen molar-refractivity contribution in [3.05, 3.63) is 35.9 Å². The third kappa shape index (κ3) is 4.54. The van der Waals surface area contributed by atoms with Crippen molar-refractivity contribution in [2.24, 2.45) is 0 Å². The molecule has 0 unspecified atom stereocenters. The van der Waals surface area contributed by atoms with Gasteiger partial charge in [0.15, 0.2) is 0 Å². The Hall–Kier alpha value is -0.540. The Balaban J connectivity index is 2.75. The summed E-state index contributed by atoms with van der Waals surface area (Å²) < 4.78 is 11.0. The fourth-order valence-electron chi connectivity index (χ4n) is 1.14. The molecule has 0 aliphatic heterocycles. The summed E-state index contributed by atoms with van der Waals surface area (Å²) in [5.41, 5.74) is 0.996. The third-order valence-electron chi connectivity index (χ3n) is 1.75. The van der Waals surface area contributed by atoms with Gasteiger partial charge >= 0.3 is 0 Å². The molecule has 0 radical (unpaired) electrons. The maximum atomic E-state index is 5.49. The van der Waals surface area contributed by atoms with Crippen LogP contribution in [0.2, 0.25) is 0 Å². The Labute approximate surface area is 102 Å². The number of aromatic nitrogens is 1. The van der Waals surface area contributed by atoms with Gasteiger partial charge in [0.2, 0.25) is 6.49 Å². The summed E-state index contributed by atoms with van der Waals surface area (Å²) in [7, 11) is 0. The number of hydrogen-bond donors (Lipinski definition) is 0. The molecule has 0 saturated heterocycles. The summed E-state index contributed by atoms with van der Waals surface area (Å²) in [5, 5.41) is 0. The van der Waals surface area contributed by atoms with Crippen LogP contribution < -0.4 is 0 Å². The zero-order chi connectivity index (χ0) is 11.9. The molecule has 1 heterocycles. The molecular weight excluding hydrogens is 241 g/mol. The van der Waals surface area contributed by atoms with Gasteiger partial charge in [-0.25, -0.2) is 0 Å². The second-order valence-corrected chi connectivity index (χ2v) is 6.40. The Kier molecular flexibility index (Phi) is 5.85. The minimum atomic E-state index is -2.26. The quantitative estimate of drug-likeness (QED) is 0.731. The van der Waals surface area contributed by atoms with E-state index in [1.165, 1.54) is 0 Å². The summed E-state index contributed by atoms with van der Waals surface area (Å²) >= 11 is 5.36. The highest BCUT2D eigenvalue weighted by molar-refractivity contribution is 8.11. The molecule has 0 aliphatic carbocycles. The summed E-state index contributed by atoms with van der Waals surface area (Å²) in [4.78, 5) is 4.02. The molecule has 3 nitrogen and oxygen atoms in total. The lowest BCUT2D eigenvalue weighted by Gasteiger charge is -2.16. The van der Waals surface area contributed by atoms with Crippen LogP contribution in [0.15, 0.2) is 30.3 Å². The van der Waals surface area contributed by atoms with Gasteiger partial charge in [0.05, 0.1) is 13.2 Å². The van der Waals surface area contributed by atoms with Crippen molar-refractivity contribution in [1.82, 2.24) is 4.98 Å². The van der Waals surface area contributed by atoms with Gasteiger partial charge in [0.1, 0.15) is 0 Å². The van der Waals surface area contributed by atoms with Crippen molar-refractivity contribution in [2.75, 3.05) is 13.2 Å². The smallest absolute Gasteiger partial charge is 0.212 e. The van der Waals surface area contributed by atoms with E-state index in [0.717, 1.165) is 5.56 Å².